The van der Waals surface area contributed by atoms with Crippen LogP contribution in [0.15, 0.2) is 44.7 Å². The van der Waals surface area contributed by atoms with Crippen LogP contribution < -0.4 is 10.6 Å². The molecule has 1 saturated heterocycles. The first-order valence-electron chi connectivity index (χ1n) is 9.05. The molecule has 0 amide bonds. The third-order valence-corrected chi connectivity index (χ3v) is 4.40. The predicted octanol–water partition coefficient (Wildman–Crippen LogP) is 2.55. The molecule has 3 heterocycles. The molecule has 0 spiro atoms. The Hall–Kier alpha value is -2.28. The summed E-state index contributed by atoms with van der Waals surface area (Å²) >= 11 is 0. The number of piperidine rings is 1. The standard InChI is InChI=1S/C18H27N5O2/c1-2-19-18(20-13-15-8-12-25-22-15)21-14-16(17-7-6-11-24-17)23-9-4-3-5-10-23/h6-8,11-12,16H,2-5,9-10,13-14H2,1H3,(H2,19,20,21). The first-order valence-corrected chi connectivity index (χ1v) is 9.05. The van der Waals surface area contributed by atoms with Crippen LogP contribution in [0.2, 0.25) is 0 Å². The Kier molecular flexibility index (Phi) is 6.50. The minimum absolute atomic E-state index is 0.214. The Morgan fingerprint density at radius 1 is 1.24 bits per heavy atom. The van der Waals surface area contributed by atoms with Gasteiger partial charge in [0.25, 0.3) is 0 Å². The second-order valence-corrected chi connectivity index (χ2v) is 6.19. The number of aromatic nitrogens is 1. The second kappa shape index (κ2) is 9.27. The zero-order chi connectivity index (χ0) is 17.3. The van der Waals surface area contributed by atoms with Gasteiger partial charge in [-0.25, -0.2) is 4.99 Å². The van der Waals surface area contributed by atoms with Crippen LogP contribution in [0.5, 0.6) is 0 Å². The minimum atomic E-state index is 0.214. The molecule has 2 aromatic rings. The molecule has 136 valence electrons. The van der Waals surface area contributed by atoms with Crippen molar-refractivity contribution >= 4 is 5.96 Å². The van der Waals surface area contributed by atoms with Gasteiger partial charge in [0, 0.05) is 19.2 Å². The summed E-state index contributed by atoms with van der Waals surface area (Å²) in [6, 6.07) is 6.05. The van der Waals surface area contributed by atoms with Crippen LogP contribution in [-0.2, 0) is 6.54 Å². The van der Waals surface area contributed by atoms with Crippen molar-refractivity contribution in [3.63, 3.8) is 0 Å². The summed E-state index contributed by atoms with van der Waals surface area (Å²) in [5, 5.41) is 10.6. The van der Waals surface area contributed by atoms with E-state index in [1.54, 1.807) is 12.5 Å². The molecular weight excluding hydrogens is 318 g/mol. The highest BCUT2D eigenvalue weighted by Crippen LogP contribution is 2.24. The Morgan fingerprint density at radius 2 is 2.12 bits per heavy atom. The normalized spacial score (nSPS) is 17.4. The number of hydrogen-bond donors (Lipinski definition) is 2. The van der Waals surface area contributed by atoms with E-state index in [9.17, 15) is 0 Å². The Labute approximate surface area is 148 Å². The van der Waals surface area contributed by atoms with Gasteiger partial charge in [0.2, 0.25) is 0 Å². The maximum atomic E-state index is 5.70. The average Bonchev–Trinajstić information content (AvgIpc) is 3.35. The van der Waals surface area contributed by atoms with Crippen LogP contribution in [0.4, 0.5) is 0 Å². The summed E-state index contributed by atoms with van der Waals surface area (Å²) in [6.07, 6.45) is 7.12. The lowest BCUT2D eigenvalue weighted by Crippen LogP contribution is -2.44. The van der Waals surface area contributed by atoms with Crippen molar-refractivity contribution in [3.05, 3.63) is 42.2 Å². The highest BCUT2D eigenvalue weighted by Gasteiger charge is 2.24. The molecule has 0 aromatic carbocycles. The van der Waals surface area contributed by atoms with Crippen LogP contribution in [0, 0.1) is 0 Å². The Morgan fingerprint density at radius 3 is 2.80 bits per heavy atom. The topological polar surface area (TPSA) is 78.8 Å². The fourth-order valence-corrected chi connectivity index (χ4v) is 3.13. The van der Waals surface area contributed by atoms with E-state index in [0.29, 0.717) is 6.54 Å². The van der Waals surface area contributed by atoms with Crippen molar-refractivity contribution in [2.75, 3.05) is 26.2 Å². The van der Waals surface area contributed by atoms with Crippen molar-refractivity contribution in [2.45, 2.75) is 38.8 Å². The summed E-state index contributed by atoms with van der Waals surface area (Å²) in [7, 11) is 0. The molecule has 2 aromatic heterocycles. The fourth-order valence-electron chi connectivity index (χ4n) is 3.13. The van der Waals surface area contributed by atoms with Crippen LogP contribution in [0.3, 0.4) is 0 Å². The first-order chi connectivity index (χ1) is 12.4. The number of rotatable bonds is 7. The predicted molar refractivity (Wildman–Crippen MR) is 96.2 cm³/mol. The molecule has 2 N–H and O–H groups in total. The van der Waals surface area contributed by atoms with Crippen LogP contribution in [0.1, 0.15) is 43.7 Å². The maximum absolute atomic E-state index is 5.70. The smallest absolute Gasteiger partial charge is 0.191 e. The van der Waals surface area contributed by atoms with Gasteiger partial charge in [-0.05, 0) is 45.0 Å². The van der Waals surface area contributed by atoms with Gasteiger partial charge >= 0.3 is 0 Å². The Balaban J connectivity index is 1.64. The molecule has 0 bridgehead atoms. The quantitative estimate of drug-likeness (QED) is 0.593. The highest BCUT2D eigenvalue weighted by molar-refractivity contribution is 5.79. The summed E-state index contributed by atoms with van der Waals surface area (Å²) in [4.78, 5) is 7.07. The lowest BCUT2D eigenvalue weighted by Gasteiger charge is -2.33. The van der Waals surface area contributed by atoms with E-state index >= 15 is 0 Å². The van der Waals surface area contributed by atoms with Crippen LogP contribution in [0.25, 0.3) is 0 Å². The van der Waals surface area contributed by atoms with Crippen molar-refractivity contribution in [1.29, 1.82) is 0 Å². The van der Waals surface area contributed by atoms with Crippen LogP contribution in [-0.4, -0.2) is 42.2 Å². The molecule has 7 heteroatoms. The number of nitrogens with zero attached hydrogens (tertiary/aromatic N) is 3. The summed E-state index contributed by atoms with van der Waals surface area (Å²) in [6.45, 7) is 6.32. The van der Waals surface area contributed by atoms with Crippen molar-refractivity contribution in [1.82, 2.24) is 20.7 Å². The third kappa shape index (κ3) is 5.09. The average molecular weight is 345 g/mol. The maximum Gasteiger partial charge on any atom is 0.191 e. The fraction of sp³-hybridized carbons (Fsp3) is 0.556. The molecule has 0 saturated carbocycles. The monoisotopic (exact) mass is 345 g/mol. The molecule has 1 atom stereocenters. The molecule has 7 nitrogen and oxygen atoms in total. The van der Waals surface area contributed by atoms with Gasteiger partial charge in [-0.1, -0.05) is 11.6 Å². The second-order valence-electron chi connectivity index (χ2n) is 6.19. The summed E-state index contributed by atoms with van der Waals surface area (Å²) in [5.41, 5.74) is 0.816. The van der Waals surface area contributed by atoms with E-state index in [2.05, 4.69) is 38.7 Å². The molecule has 0 radical (unpaired) electrons. The van der Waals surface area contributed by atoms with Gasteiger partial charge in [-0.3, -0.25) is 4.90 Å². The molecule has 0 aliphatic carbocycles. The number of nitrogens with one attached hydrogen (secondary N) is 2. The first kappa shape index (κ1) is 17.5. The summed E-state index contributed by atoms with van der Waals surface area (Å²) < 4.78 is 10.5. The zero-order valence-electron chi connectivity index (χ0n) is 14.8. The van der Waals surface area contributed by atoms with E-state index < -0.39 is 0 Å². The van der Waals surface area contributed by atoms with Gasteiger partial charge < -0.3 is 19.6 Å². The van der Waals surface area contributed by atoms with E-state index in [1.165, 1.54) is 19.3 Å². The lowest BCUT2D eigenvalue weighted by atomic mass is 10.1. The number of likely N-dealkylation sites (tertiary alicyclic amines) is 1. The van der Waals surface area contributed by atoms with Gasteiger partial charge in [0.05, 0.1) is 18.8 Å². The van der Waals surface area contributed by atoms with E-state index in [-0.39, 0.29) is 6.04 Å². The van der Waals surface area contributed by atoms with Crippen molar-refractivity contribution in [3.8, 4) is 0 Å². The number of aliphatic imine (C=N–C) groups is 1. The lowest BCUT2D eigenvalue weighted by molar-refractivity contribution is 0.146. The molecule has 1 aliphatic heterocycles. The van der Waals surface area contributed by atoms with Crippen LogP contribution >= 0.6 is 0 Å². The van der Waals surface area contributed by atoms with Crippen molar-refractivity contribution < 1.29 is 8.94 Å². The molecule has 3 rings (SSSR count). The number of hydrogen-bond acceptors (Lipinski definition) is 5. The van der Waals surface area contributed by atoms with E-state index in [1.807, 2.05) is 12.1 Å². The largest absolute Gasteiger partial charge is 0.468 e. The molecule has 25 heavy (non-hydrogen) atoms. The third-order valence-electron chi connectivity index (χ3n) is 4.40. The molecule has 1 aliphatic rings. The Bertz CT molecular complexity index is 618. The summed E-state index contributed by atoms with van der Waals surface area (Å²) in [5.74, 6) is 1.78. The molecule has 1 unspecified atom stereocenters. The SMILES string of the molecule is CCNC(=NCc1ccon1)NCC(c1ccco1)N1CCCCC1. The molecular formula is C18H27N5O2. The number of furan rings is 1. The van der Waals surface area contributed by atoms with Gasteiger partial charge in [0.15, 0.2) is 5.96 Å². The van der Waals surface area contributed by atoms with Gasteiger partial charge in [-0.2, -0.15) is 0 Å². The zero-order valence-corrected chi connectivity index (χ0v) is 14.8. The highest BCUT2D eigenvalue weighted by atomic mass is 16.5. The van der Waals surface area contributed by atoms with Gasteiger partial charge in [-0.15, -0.1) is 0 Å². The molecule has 1 fully saturated rings. The minimum Gasteiger partial charge on any atom is -0.468 e. The van der Waals surface area contributed by atoms with Gasteiger partial charge in [0.1, 0.15) is 17.7 Å². The number of guanidine groups is 1. The van der Waals surface area contributed by atoms with E-state index in [0.717, 1.165) is 43.6 Å². The van der Waals surface area contributed by atoms with E-state index in [4.69, 9.17) is 8.94 Å². The van der Waals surface area contributed by atoms with Crippen molar-refractivity contribution in [2.24, 2.45) is 4.99 Å².